The summed E-state index contributed by atoms with van der Waals surface area (Å²) in [6, 6.07) is 21.0. The summed E-state index contributed by atoms with van der Waals surface area (Å²) in [5.41, 5.74) is 6.76. The van der Waals surface area contributed by atoms with Crippen LogP contribution in [0.4, 0.5) is 5.95 Å². The minimum atomic E-state index is -2.70. The first kappa shape index (κ1) is 23.9. The maximum absolute atomic E-state index is 6.94. The molecular weight excluding hydrogens is 482 g/mol. The van der Waals surface area contributed by atoms with Crippen LogP contribution in [0.5, 0.6) is 0 Å². The third-order valence-electron chi connectivity index (χ3n) is 6.29. The SMILES string of the molecule is CC(C)(C)[Si](OC[C@@H]1OC[C@@H](n2cnc3c(Cl)nc(N)nc32)O1)(c1ccccc1)c1ccccc1. The molecule has 0 unspecified atom stereocenters. The van der Waals surface area contributed by atoms with Crippen LogP contribution in [0.3, 0.4) is 0 Å². The lowest BCUT2D eigenvalue weighted by molar-refractivity contribution is -0.0943. The number of hydrogen-bond acceptors (Lipinski definition) is 7. The van der Waals surface area contributed by atoms with E-state index in [9.17, 15) is 0 Å². The van der Waals surface area contributed by atoms with Gasteiger partial charge in [0.05, 0.1) is 19.5 Å². The van der Waals surface area contributed by atoms with Crippen molar-refractivity contribution in [1.29, 1.82) is 0 Å². The van der Waals surface area contributed by atoms with E-state index < -0.39 is 20.8 Å². The zero-order valence-corrected chi connectivity index (χ0v) is 21.6. The van der Waals surface area contributed by atoms with Crippen molar-refractivity contribution in [2.24, 2.45) is 0 Å². The molecule has 1 saturated heterocycles. The number of nitrogens with two attached hydrogens (primary N) is 1. The van der Waals surface area contributed by atoms with Crippen molar-refractivity contribution < 1.29 is 13.9 Å². The van der Waals surface area contributed by atoms with Crippen LogP contribution in [0, 0.1) is 0 Å². The van der Waals surface area contributed by atoms with Gasteiger partial charge < -0.3 is 19.6 Å². The minimum Gasteiger partial charge on any atom is -0.402 e. The van der Waals surface area contributed by atoms with Crippen molar-refractivity contribution in [3.05, 3.63) is 72.1 Å². The molecule has 0 aliphatic carbocycles. The van der Waals surface area contributed by atoms with Gasteiger partial charge in [0.25, 0.3) is 8.32 Å². The molecule has 5 rings (SSSR count). The third-order valence-corrected chi connectivity index (χ3v) is 11.6. The predicted molar refractivity (Wildman–Crippen MR) is 138 cm³/mol. The fourth-order valence-electron chi connectivity index (χ4n) is 4.74. The highest BCUT2D eigenvalue weighted by molar-refractivity contribution is 6.99. The number of nitrogen functional groups attached to an aromatic ring is 1. The van der Waals surface area contributed by atoms with Gasteiger partial charge in [-0.15, -0.1) is 0 Å². The first-order chi connectivity index (χ1) is 16.8. The summed E-state index contributed by atoms with van der Waals surface area (Å²) in [5, 5.41) is 2.47. The van der Waals surface area contributed by atoms with Gasteiger partial charge in [-0.3, -0.25) is 4.57 Å². The van der Waals surface area contributed by atoms with E-state index in [0.717, 1.165) is 0 Å². The Labute approximate surface area is 210 Å². The van der Waals surface area contributed by atoms with E-state index in [1.54, 1.807) is 10.9 Å². The Balaban J connectivity index is 1.42. The van der Waals surface area contributed by atoms with Crippen molar-refractivity contribution in [2.75, 3.05) is 18.9 Å². The predicted octanol–water partition coefficient (Wildman–Crippen LogP) is 3.51. The van der Waals surface area contributed by atoms with E-state index in [-0.39, 0.29) is 22.7 Å². The van der Waals surface area contributed by atoms with Crippen molar-refractivity contribution in [2.45, 2.75) is 38.3 Å². The van der Waals surface area contributed by atoms with Gasteiger partial charge >= 0.3 is 0 Å². The van der Waals surface area contributed by atoms with Crippen molar-refractivity contribution >= 4 is 47.4 Å². The second-order valence-electron chi connectivity index (χ2n) is 9.52. The van der Waals surface area contributed by atoms with Gasteiger partial charge in [-0.25, -0.2) is 4.98 Å². The molecule has 1 aliphatic heterocycles. The molecule has 1 fully saturated rings. The molecule has 4 aromatic rings. The molecule has 2 aromatic carbocycles. The second-order valence-corrected chi connectivity index (χ2v) is 14.2. The van der Waals surface area contributed by atoms with E-state index in [1.165, 1.54) is 10.4 Å². The van der Waals surface area contributed by atoms with Crippen LogP contribution in [-0.2, 0) is 13.9 Å². The fraction of sp³-hybridized carbons (Fsp3) is 0.320. The Morgan fingerprint density at radius 2 is 1.69 bits per heavy atom. The molecule has 1 aliphatic rings. The highest BCUT2D eigenvalue weighted by atomic mass is 35.5. The molecule has 0 radical (unpaired) electrons. The molecule has 0 saturated carbocycles. The van der Waals surface area contributed by atoms with Crippen LogP contribution in [0.2, 0.25) is 10.2 Å². The van der Waals surface area contributed by atoms with Crippen LogP contribution < -0.4 is 16.1 Å². The molecule has 2 N–H and O–H groups in total. The average Bonchev–Trinajstić information content (AvgIpc) is 3.47. The largest absolute Gasteiger partial charge is 0.402 e. The maximum Gasteiger partial charge on any atom is 0.261 e. The standard InChI is InChI=1S/C25H28ClN5O3Si/c1-25(2,3)35(17-10-6-4-7-11-17,18-12-8-5-9-13-18)33-15-20-32-14-19(34-20)31-16-28-21-22(26)29-24(27)30-23(21)31/h4-13,16,19-20H,14-15H2,1-3H3,(H2,27,29,30)/t19-,20+/m0/s1. The van der Waals surface area contributed by atoms with Gasteiger partial charge in [0.15, 0.2) is 23.3 Å². The number of hydrogen-bond donors (Lipinski definition) is 1. The topological polar surface area (TPSA) is 97.3 Å². The van der Waals surface area contributed by atoms with E-state index in [2.05, 4.69) is 84.3 Å². The number of anilines is 1. The minimum absolute atomic E-state index is 0.0785. The monoisotopic (exact) mass is 509 g/mol. The Hall–Kier alpha value is -2.82. The van der Waals surface area contributed by atoms with E-state index >= 15 is 0 Å². The molecule has 35 heavy (non-hydrogen) atoms. The highest BCUT2D eigenvalue weighted by Gasteiger charge is 2.50. The van der Waals surface area contributed by atoms with Gasteiger partial charge in [0, 0.05) is 0 Å². The quantitative estimate of drug-likeness (QED) is 0.314. The summed E-state index contributed by atoms with van der Waals surface area (Å²) >= 11 is 6.18. The molecule has 8 nitrogen and oxygen atoms in total. The lowest BCUT2D eigenvalue weighted by Crippen LogP contribution is -2.67. The number of halogens is 1. The summed E-state index contributed by atoms with van der Waals surface area (Å²) in [7, 11) is -2.70. The zero-order chi connectivity index (χ0) is 24.6. The van der Waals surface area contributed by atoms with E-state index in [1.807, 2.05) is 12.1 Å². The van der Waals surface area contributed by atoms with Crippen molar-refractivity contribution in [3.63, 3.8) is 0 Å². The molecule has 3 heterocycles. The number of rotatable bonds is 6. The molecular formula is C25H28ClN5O3Si. The number of benzene rings is 2. The first-order valence-electron chi connectivity index (χ1n) is 11.5. The van der Waals surface area contributed by atoms with Crippen molar-refractivity contribution in [3.8, 4) is 0 Å². The fourth-order valence-corrected chi connectivity index (χ4v) is 9.50. The molecule has 0 bridgehead atoms. The van der Waals surface area contributed by atoms with Gasteiger partial charge in [0.2, 0.25) is 5.95 Å². The average molecular weight is 510 g/mol. The summed E-state index contributed by atoms with van der Waals surface area (Å²) in [5.74, 6) is 0.0785. The number of aromatic nitrogens is 4. The number of ether oxygens (including phenoxy) is 2. The van der Waals surface area contributed by atoms with Gasteiger partial charge in [-0.2, -0.15) is 9.97 Å². The molecule has 10 heteroatoms. The molecule has 0 amide bonds. The third kappa shape index (κ3) is 4.34. The Bertz CT molecular complexity index is 1270. The summed E-state index contributed by atoms with van der Waals surface area (Å²) < 4.78 is 20.9. The van der Waals surface area contributed by atoms with Crippen molar-refractivity contribution in [1.82, 2.24) is 19.5 Å². The smallest absolute Gasteiger partial charge is 0.261 e. The van der Waals surface area contributed by atoms with Gasteiger partial charge in [-0.05, 0) is 15.4 Å². The lowest BCUT2D eigenvalue weighted by atomic mass is 10.2. The molecule has 182 valence electrons. The molecule has 0 spiro atoms. The first-order valence-corrected chi connectivity index (χ1v) is 13.8. The highest BCUT2D eigenvalue weighted by Crippen LogP contribution is 2.37. The van der Waals surface area contributed by atoms with Crippen LogP contribution in [0.25, 0.3) is 11.2 Å². The van der Waals surface area contributed by atoms with Gasteiger partial charge in [0.1, 0.15) is 5.52 Å². The van der Waals surface area contributed by atoms with E-state index in [4.69, 9.17) is 31.2 Å². The maximum atomic E-state index is 6.94. The summed E-state index contributed by atoms with van der Waals surface area (Å²) in [6.45, 7) is 7.33. The Morgan fingerprint density at radius 3 is 2.29 bits per heavy atom. The number of fused-ring (bicyclic) bond motifs is 1. The second kappa shape index (κ2) is 9.33. The number of imidazole rings is 1. The van der Waals surface area contributed by atoms with Gasteiger partial charge in [-0.1, -0.05) is 93.0 Å². The van der Waals surface area contributed by atoms with Crippen LogP contribution >= 0.6 is 11.6 Å². The Morgan fingerprint density at radius 1 is 1.06 bits per heavy atom. The molecule has 2 atom stereocenters. The normalized spacial score (nSPS) is 18.9. The van der Waals surface area contributed by atoms with E-state index in [0.29, 0.717) is 17.8 Å². The van der Waals surface area contributed by atoms with Crippen LogP contribution in [0.15, 0.2) is 67.0 Å². The van der Waals surface area contributed by atoms with Crippen LogP contribution in [0.1, 0.15) is 27.0 Å². The summed E-state index contributed by atoms with van der Waals surface area (Å²) in [4.78, 5) is 12.6. The number of nitrogens with zero attached hydrogens (tertiary/aromatic N) is 4. The van der Waals surface area contributed by atoms with Crippen LogP contribution in [-0.4, -0.2) is 47.3 Å². The Kier molecular flexibility index (Phi) is 6.37. The summed E-state index contributed by atoms with van der Waals surface area (Å²) in [6.07, 6.45) is 0.635. The molecule has 2 aromatic heterocycles. The zero-order valence-electron chi connectivity index (χ0n) is 19.9. The lowest BCUT2D eigenvalue weighted by Gasteiger charge is -2.43.